The summed E-state index contributed by atoms with van der Waals surface area (Å²) in [5, 5.41) is 37.2. The summed E-state index contributed by atoms with van der Waals surface area (Å²) in [6, 6.07) is 26.4. The van der Waals surface area contributed by atoms with Crippen LogP contribution >= 0.6 is 22.7 Å². The monoisotopic (exact) mass is 703 g/mol. The van der Waals surface area contributed by atoms with Crippen molar-refractivity contribution in [3.8, 4) is 20.9 Å². The predicted molar refractivity (Wildman–Crippen MR) is 217 cm³/mol. The first-order chi connectivity index (χ1) is 24.9. The molecular weight excluding hydrogens is 659 g/mol. The average Bonchev–Trinajstić information content (AvgIpc) is 3.94. The van der Waals surface area contributed by atoms with Crippen molar-refractivity contribution in [1.29, 1.82) is 0 Å². The van der Waals surface area contributed by atoms with Crippen molar-refractivity contribution in [3.05, 3.63) is 83.6 Å². The number of fused-ring (bicyclic) bond motifs is 5. The molecular formula is C40H45N7OS2. The highest BCUT2D eigenvalue weighted by Gasteiger charge is 2.26. The van der Waals surface area contributed by atoms with Gasteiger partial charge in [0.1, 0.15) is 0 Å². The molecule has 1 aliphatic rings. The number of benzene rings is 4. The zero-order chi connectivity index (χ0) is 33.5. The van der Waals surface area contributed by atoms with E-state index in [0.29, 0.717) is 0 Å². The number of hydrogen-bond donors (Lipinski definition) is 7. The fourth-order valence-corrected chi connectivity index (χ4v) is 8.79. The minimum atomic E-state index is 0.773. The molecule has 4 heterocycles. The van der Waals surface area contributed by atoms with Crippen molar-refractivity contribution in [1.82, 2.24) is 26.6 Å². The van der Waals surface area contributed by atoms with Crippen molar-refractivity contribution in [2.24, 2.45) is 0 Å². The molecule has 3 aromatic heterocycles. The molecule has 0 amide bonds. The van der Waals surface area contributed by atoms with Crippen LogP contribution in [-0.4, -0.2) is 78.5 Å². The Labute approximate surface area is 301 Å². The van der Waals surface area contributed by atoms with Gasteiger partial charge in [-0.25, -0.2) is 0 Å². The first-order valence-electron chi connectivity index (χ1n) is 17.8. The number of anilines is 2. The highest BCUT2D eigenvalue weighted by molar-refractivity contribution is 7.14. The fraction of sp³-hybridized carbons (Fsp3) is 0.300. The molecule has 258 valence electrons. The van der Waals surface area contributed by atoms with E-state index < -0.39 is 0 Å². The summed E-state index contributed by atoms with van der Waals surface area (Å²) in [5.74, 6) is 0. The van der Waals surface area contributed by atoms with Crippen molar-refractivity contribution in [3.63, 3.8) is 0 Å². The molecule has 0 saturated carbocycles. The van der Waals surface area contributed by atoms with Gasteiger partial charge in [-0.15, -0.1) is 22.7 Å². The first kappa shape index (κ1) is 33.2. The van der Waals surface area contributed by atoms with Crippen LogP contribution in [0.1, 0.15) is 0 Å². The maximum atomic E-state index is 7.26. The summed E-state index contributed by atoms with van der Waals surface area (Å²) in [6.07, 6.45) is 0. The Hall–Kier alpha value is -4.00. The van der Waals surface area contributed by atoms with Crippen molar-refractivity contribution in [2.45, 2.75) is 0 Å². The Morgan fingerprint density at radius 2 is 0.760 bits per heavy atom. The first-order valence-corrected chi connectivity index (χ1v) is 19.6. The summed E-state index contributed by atoms with van der Waals surface area (Å²) < 4.78 is 7.26. The largest absolute Gasteiger partial charge is 0.452 e. The molecule has 0 spiro atoms. The van der Waals surface area contributed by atoms with Crippen LogP contribution in [0.3, 0.4) is 0 Å². The molecule has 8 nitrogen and oxygen atoms in total. The number of hydrogen-bond acceptors (Lipinski definition) is 10. The third-order valence-corrected chi connectivity index (χ3v) is 11.2. The zero-order valence-corrected chi connectivity index (χ0v) is 29.9. The molecule has 0 saturated heterocycles. The van der Waals surface area contributed by atoms with Gasteiger partial charge in [0.15, 0.2) is 11.2 Å². The van der Waals surface area contributed by atoms with Gasteiger partial charge in [-0.1, -0.05) is 60.7 Å². The number of rotatable bonds is 2. The molecule has 0 radical (unpaired) electrons. The van der Waals surface area contributed by atoms with Crippen molar-refractivity contribution >= 4 is 77.5 Å². The lowest BCUT2D eigenvalue weighted by Gasteiger charge is -2.16. The van der Waals surface area contributed by atoms with Crippen LogP contribution in [0.15, 0.2) is 88.0 Å². The van der Waals surface area contributed by atoms with E-state index >= 15 is 0 Å². The predicted octanol–water partition coefficient (Wildman–Crippen LogP) is 7.13. The lowest BCUT2D eigenvalue weighted by Crippen LogP contribution is -2.37. The second-order valence-electron chi connectivity index (χ2n) is 12.7. The highest BCUT2D eigenvalue weighted by atomic mass is 32.1. The number of thiophene rings is 2. The van der Waals surface area contributed by atoms with Gasteiger partial charge in [-0.3, -0.25) is 0 Å². The van der Waals surface area contributed by atoms with Crippen LogP contribution in [0.4, 0.5) is 11.4 Å². The summed E-state index contributed by atoms with van der Waals surface area (Å²) in [4.78, 5) is 2.46. The average molecular weight is 704 g/mol. The van der Waals surface area contributed by atoms with Crippen molar-refractivity contribution in [2.75, 3.05) is 89.2 Å². The molecule has 8 rings (SSSR count). The van der Waals surface area contributed by atoms with Gasteiger partial charge in [-0.2, -0.15) is 0 Å². The number of nitrogens with one attached hydrogen (secondary N) is 7. The lowest BCUT2D eigenvalue weighted by atomic mass is 9.92. The van der Waals surface area contributed by atoms with E-state index in [2.05, 4.69) is 121 Å². The highest BCUT2D eigenvalue weighted by Crippen LogP contribution is 2.52. The summed E-state index contributed by atoms with van der Waals surface area (Å²) in [6.45, 7) is 10.8. The Balaban J connectivity index is 1.33. The summed E-state index contributed by atoms with van der Waals surface area (Å²) in [7, 11) is 0. The van der Waals surface area contributed by atoms with Gasteiger partial charge in [0.05, 0.1) is 11.4 Å². The lowest BCUT2D eigenvalue weighted by molar-refractivity contribution is 0.560. The van der Waals surface area contributed by atoms with Crippen LogP contribution in [0.25, 0.3) is 64.4 Å². The van der Waals surface area contributed by atoms with Gasteiger partial charge in [0, 0.05) is 110 Å². The second-order valence-corrected chi connectivity index (χ2v) is 14.6. The molecule has 10 heteroatoms. The standard InChI is InChI=1S/C40H45N7OS2/c1-3-9-29-27(7-1)33(31-11-5-25-49-31)37-39-35(29)36-30-10-4-2-8-28(30)34(32-12-6-26-50-32)38(40(36)48-39)47-24-22-45-20-18-43-16-14-41-13-15-42-17-19-44-21-23-46-37/h1-12,25-26,41-47H,13-24H2. The van der Waals surface area contributed by atoms with Gasteiger partial charge >= 0.3 is 0 Å². The van der Waals surface area contributed by atoms with Gasteiger partial charge in [0.25, 0.3) is 0 Å². The molecule has 0 aliphatic carbocycles. The quantitative estimate of drug-likeness (QED) is 0.102. The molecule has 50 heavy (non-hydrogen) atoms. The second kappa shape index (κ2) is 15.9. The van der Waals surface area contributed by atoms with E-state index in [4.69, 9.17) is 4.42 Å². The number of furan rings is 1. The Morgan fingerprint density at radius 1 is 0.400 bits per heavy atom. The fourth-order valence-electron chi connectivity index (χ4n) is 7.21. The van der Waals surface area contributed by atoms with E-state index in [1.807, 2.05) is 0 Å². The minimum absolute atomic E-state index is 0.773. The zero-order valence-electron chi connectivity index (χ0n) is 28.3. The molecule has 1 aliphatic heterocycles. The van der Waals surface area contributed by atoms with Crippen molar-refractivity contribution < 1.29 is 4.42 Å². The third kappa shape index (κ3) is 6.72. The van der Waals surface area contributed by atoms with Gasteiger partial charge in [0.2, 0.25) is 0 Å². The smallest absolute Gasteiger partial charge is 0.159 e. The minimum Gasteiger partial charge on any atom is -0.452 e. The van der Waals surface area contributed by atoms with Gasteiger partial charge < -0.3 is 41.6 Å². The van der Waals surface area contributed by atoms with E-state index in [1.165, 1.54) is 42.4 Å². The summed E-state index contributed by atoms with van der Waals surface area (Å²) >= 11 is 3.55. The summed E-state index contributed by atoms with van der Waals surface area (Å²) in [5.41, 5.74) is 6.33. The molecule has 2 bridgehead atoms. The van der Waals surface area contributed by atoms with Crippen LogP contribution < -0.4 is 37.2 Å². The molecule has 0 fully saturated rings. The maximum absolute atomic E-state index is 7.26. The maximum Gasteiger partial charge on any atom is 0.159 e. The molecule has 0 unspecified atom stereocenters. The Morgan fingerprint density at radius 3 is 1.12 bits per heavy atom. The normalized spacial score (nSPS) is 16.6. The topological polar surface area (TPSA) is 97.4 Å². The van der Waals surface area contributed by atoms with Crippen LogP contribution in [0, 0.1) is 0 Å². The van der Waals surface area contributed by atoms with Crippen LogP contribution in [-0.2, 0) is 0 Å². The Kier molecular flexibility index (Phi) is 10.6. The van der Waals surface area contributed by atoms with E-state index in [9.17, 15) is 0 Å². The Bertz CT molecular complexity index is 2020. The van der Waals surface area contributed by atoms with E-state index in [-0.39, 0.29) is 0 Å². The SMILES string of the molecule is c1csc(-c2c3c4oc5c(c(-c6cccs6)c6ccccc6c5c4c4ccccc24)NCCNCCNCCNCCNCCNCCN3)c1. The van der Waals surface area contributed by atoms with Crippen LogP contribution in [0.5, 0.6) is 0 Å². The van der Waals surface area contributed by atoms with Gasteiger partial charge in [-0.05, 0) is 44.4 Å². The van der Waals surface area contributed by atoms with Crippen LogP contribution in [0.2, 0.25) is 0 Å². The van der Waals surface area contributed by atoms with E-state index in [1.54, 1.807) is 22.7 Å². The molecule has 7 N–H and O–H groups in total. The van der Waals surface area contributed by atoms with E-state index in [0.717, 1.165) is 112 Å². The molecule has 4 aromatic carbocycles. The third-order valence-electron chi connectivity index (χ3n) is 9.45. The molecule has 0 atom stereocenters. The molecule has 7 aromatic rings.